The van der Waals surface area contributed by atoms with Crippen molar-refractivity contribution >= 4 is 46.0 Å². The number of fused-ring (bicyclic) bond motifs is 1. The fraction of sp³-hybridized carbons (Fsp3) is 0.368. The number of carbonyl (C=O) groups excluding carboxylic acids is 2. The second kappa shape index (κ2) is 8.59. The molecule has 0 saturated heterocycles. The van der Waals surface area contributed by atoms with Gasteiger partial charge in [-0.1, -0.05) is 42.8 Å². The van der Waals surface area contributed by atoms with Gasteiger partial charge in [0.1, 0.15) is 0 Å². The molecule has 0 radical (unpaired) electrons. The number of hydrogen-bond acceptors (Lipinski definition) is 4. The molecule has 25 heavy (non-hydrogen) atoms. The first-order valence-electron chi connectivity index (χ1n) is 8.09. The Morgan fingerprint density at radius 2 is 1.88 bits per heavy atom. The number of benzene rings is 2. The predicted octanol–water partition coefficient (Wildman–Crippen LogP) is 4.43. The second-order valence-corrected chi connectivity index (χ2v) is 7.75. The quantitative estimate of drug-likeness (QED) is 0.571. The fourth-order valence-corrected chi connectivity index (χ4v) is 3.45. The summed E-state index contributed by atoms with van der Waals surface area (Å²) >= 11 is 7.62. The van der Waals surface area contributed by atoms with E-state index in [1.165, 1.54) is 11.8 Å². The fourth-order valence-electron chi connectivity index (χ4n) is 2.21. The van der Waals surface area contributed by atoms with Crippen LogP contribution < -0.4 is 5.32 Å². The number of carbonyl (C=O) groups is 2. The highest BCUT2D eigenvalue weighted by Crippen LogP contribution is 2.33. The van der Waals surface area contributed by atoms with Gasteiger partial charge in [0.15, 0.2) is 6.61 Å². The van der Waals surface area contributed by atoms with Gasteiger partial charge in [-0.15, -0.1) is 11.8 Å². The zero-order valence-corrected chi connectivity index (χ0v) is 16.2. The van der Waals surface area contributed by atoms with Gasteiger partial charge in [0.25, 0.3) is 5.91 Å². The maximum Gasteiger partial charge on any atom is 0.316 e. The van der Waals surface area contributed by atoms with Gasteiger partial charge in [-0.25, -0.2) is 0 Å². The van der Waals surface area contributed by atoms with Crippen molar-refractivity contribution < 1.29 is 14.3 Å². The van der Waals surface area contributed by atoms with Gasteiger partial charge in [0.05, 0.1) is 5.75 Å². The lowest BCUT2D eigenvalue weighted by Gasteiger charge is -2.24. The SMILES string of the molecule is CCC(C)(C)NC(=O)COC(=O)CSc1cccc2cccc(Cl)c12. The number of esters is 1. The van der Waals surface area contributed by atoms with Crippen LogP contribution in [0, 0.1) is 0 Å². The maximum absolute atomic E-state index is 11.9. The van der Waals surface area contributed by atoms with Gasteiger partial charge in [-0.2, -0.15) is 0 Å². The summed E-state index contributed by atoms with van der Waals surface area (Å²) in [4.78, 5) is 24.6. The molecule has 0 heterocycles. The average Bonchev–Trinajstić information content (AvgIpc) is 2.58. The molecule has 0 unspecified atom stereocenters. The Balaban J connectivity index is 1.90. The highest BCUT2D eigenvalue weighted by molar-refractivity contribution is 8.00. The molecule has 134 valence electrons. The van der Waals surface area contributed by atoms with Crippen LogP contribution in [-0.2, 0) is 14.3 Å². The molecule has 0 aliphatic carbocycles. The zero-order valence-electron chi connectivity index (χ0n) is 14.6. The summed E-state index contributed by atoms with van der Waals surface area (Å²) in [5.74, 6) is -0.605. The van der Waals surface area contributed by atoms with Crippen LogP contribution in [-0.4, -0.2) is 29.8 Å². The van der Waals surface area contributed by atoms with Crippen molar-refractivity contribution in [2.24, 2.45) is 0 Å². The molecule has 6 heteroatoms. The normalized spacial score (nSPS) is 11.4. The predicted molar refractivity (Wildman–Crippen MR) is 103 cm³/mol. The van der Waals surface area contributed by atoms with E-state index in [2.05, 4.69) is 5.32 Å². The van der Waals surface area contributed by atoms with Crippen molar-refractivity contribution in [1.82, 2.24) is 5.32 Å². The highest BCUT2D eigenvalue weighted by Gasteiger charge is 2.18. The van der Waals surface area contributed by atoms with E-state index in [0.717, 1.165) is 22.1 Å². The Morgan fingerprint density at radius 1 is 1.20 bits per heavy atom. The number of hydrogen-bond donors (Lipinski definition) is 1. The van der Waals surface area contributed by atoms with Crippen molar-refractivity contribution in [1.29, 1.82) is 0 Å². The molecule has 2 aromatic carbocycles. The largest absolute Gasteiger partial charge is 0.455 e. The number of halogens is 1. The lowest BCUT2D eigenvalue weighted by atomic mass is 10.0. The third kappa shape index (κ3) is 5.65. The van der Waals surface area contributed by atoms with Crippen LogP contribution in [0.3, 0.4) is 0 Å². The molecule has 0 atom stereocenters. The number of rotatable bonds is 7. The molecule has 0 spiro atoms. The van der Waals surface area contributed by atoms with E-state index in [1.54, 1.807) is 0 Å². The minimum atomic E-state index is -0.432. The van der Waals surface area contributed by atoms with E-state index < -0.39 is 5.97 Å². The van der Waals surface area contributed by atoms with Crippen LogP contribution in [0.4, 0.5) is 0 Å². The van der Waals surface area contributed by atoms with Crippen molar-refractivity contribution in [3.8, 4) is 0 Å². The first kappa shape index (κ1) is 19.6. The Labute approximate surface area is 157 Å². The van der Waals surface area contributed by atoms with Crippen LogP contribution in [0.1, 0.15) is 27.2 Å². The van der Waals surface area contributed by atoms with Gasteiger partial charge < -0.3 is 10.1 Å². The van der Waals surface area contributed by atoms with E-state index >= 15 is 0 Å². The molecular formula is C19H22ClNO3S. The van der Waals surface area contributed by atoms with Crippen LogP contribution >= 0.6 is 23.4 Å². The second-order valence-electron chi connectivity index (χ2n) is 6.33. The zero-order chi connectivity index (χ0) is 18.4. The molecular weight excluding hydrogens is 358 g/mol. The van der Waals surface area contributed by atoms with Crippen LogP contribution in [0.5, 0.6) is 0 Å². The lowest BCUT2D eigenvalue weighted by molar-refractivity contribution is -0.146. The van der Waals surface area contributed by atoms with Crippen LogP contribution in [0.2, 0.25) is 5.02 Å². The summed E-state index contributed by atoms with van der Waals surface area (Å²) in [6.45, 7) is 5.57. The summed E-state index contributed by atoms with van der Waals surface area (Å²) in [5.41, 5.74) is -0.308. The van der Waals surface area contributed by atoms with Gasteiger partial charge in [0.2, 0.25) is 0 Å². The lowest BCUT2D eigenvalue weighted by Crippen LogP contribution is -2.44. The van der Waals surface area contributed by atoms with Gasteiger partial charge in [-0.3, -0.25) is 9.59 Å². The monoisotopic (exact) mass is 379 g/mol. The van der Waals surface area contributed by atoms with Crippen LogP contribution in [0.25, 0.3) is 10.8 Å². The molecule has 0 aliphatic heterocycles. The van der Waals surface area contributed by atoms with Gasteiger partial charge in [0, 0.05) is 20.8 Å². The molecule has 0 fully saturated rings. The summed E-state index contributed by atoms with van der Waals surface area (Å²) < 4.78 is 5.05. The molecule has 2 rings (SSSR count). The molecule has 0 aromatic heterocycles. The molecule has 1 N–H and O–H groups in total. The first-order chi connectivity index (χ1) is 11.8. The number of thioether (sulfide) groups is 1. The maximum atomic E-state index is 11.9. The summed E-state index contributed by atoms with van der Waals surface area (Å²) in [6.07, 6.45) is 0.796. The first-order valence-corrected chi connectivity index (χ1v) is 9.45. The van der Waals surface area contributed by atoms with Crippen molar-refractivity contribution in [3.63, 3.8) is 0 Å². The van der Waals surface area contributed by atoms with Gasteiger partial charge >= 0.3 is 5.97 Å². The summed E-state index contributed by atoms with van der Waals surface area (Å²) in [6, 6.07) is 11.5. The molecule has 1 amide bonds. The average molecular weight is 380 g/mol. The number of ether oxygens (including phenoxy) is 1. The van der Waals surface area contributed by atoms with Crippen LogP contribution in [0.15, 0.2) is 41.3 Å². The summed E-state index contributed by atoms with van der Waals surface area (Å²) in [5, 5.41) is 5.42. The Kier molecular flexibility index (Phi) is 6.73. The Morgan fingerprint density at radius 3 is 2.56 bits per heavy atom. The molecule has 0 saturated carbocycles. The number of nitrogens with one attached hydrogen (secondary N) is 1. The van der Waals surface area contributed by atoms with Crippen molar-refractivity contribution in [3.05, 3.63) is 41.4 Å². The van der Waals surface area contributed by atoms with E-state index in [4.69, 9.17) is 16.3 Å². The van der Waals surface area contributed by atoms with Crippen molar-refractivity contribution in [2.45, 2.75) is 37.6 Å². The third-order valence-corrected chi connectivity index (χ3v) is 5.23. The van der Waals surface area contributed by atoms with Crippen molar-refractivity contribution in [2.75, 3.05) is 12.4 Å². The minimum absolute atomic E-state index is 0.120. The highest BCUT2D eigenvalue weighted by atomic mass is 35.5. The van der Waals surface area contributed by atoms with Gasteiger partial charge in [-0.05, 0) is 37.8 Å². The number of amides is 1. The molecule has 0 bridgehead atoms. The Hall–Kier alpha value is -1.72. The third-order valence-electron chi connectivity index (χ3n) is 3.89. The molecule has 0 aliphatic rings. The van der Waals surface area contributed by atoms with E-state index in [1.807, 2.05) is 57.2 Å². The molecule has 4 nitrogen and oxygen atoms in total. The smallest absolute Gasteiger partial charge is 0.316 e. The van der Waals surface area contributed by atoms with E-state index in [0.29, 0.717) is 5.02 Å². The Bertz CT molecular complexity index is 771. The van der Waals surface area contributed by atoms with E-state index in [9.17, 15) is 9.59 Å². The summed E-state index contributed by atoms with van der Waals surface area (Å²) in [7, 11) is 0. The van der Waals surface area contributed by atoms with E-state index in [-0.39, 0.29) is 23.8 Å². The standard InChI is InChI=1S/C19H22ClNO3S/c1-4-19(2,3)21-16(22)11-24-17(23)12-25-15-10-6-8-13-7-5-9-14(20)18(13)15/h5-10H,4,11-12H2,1-3H3,(H,21,22). The minimum Gasteiger partial charge on any atom is -0.455 e. The molecule has 2 aromatic rings. The topological polar surface area (TPSA) is 55.4 Å².